The molecule has 1 fully saturated rings. The molecule has 3 heterocycles. The molecule has 1 saturated heterocycles. The molecular formula is C26H36N4O4S. The summed E-state index contributed by atoms with van der Waals surface area (Å²) >= 11 is 0. The van der Waals surface area contributed by atoms with Crippen LogP contribution in [0.1, 0.15) is 54.9 Å². The predicted molar refractivity (Wildman–Crippen MR) is 139 cm³/mol. The van der Waals surface area contributed by atoms with Gasteiger partial charge in [0.25, 0.3) is 0 Å². The summed E-state index contributed by atoms with van der Waals surface area (Å²) in [7, 11) is -3.71. The zero-order chi connectivity index (χ0) is 25.8. The lowest BCUT2D eigenvalue weighted by Gasteiger charge is -2.44. The first-order chi connectivity index (χ1) is 16.2. The standard InChI is InChI=1S/C26H36N4O4S/c1-18-9-8-12-26(7,15-18)35(32,33)30-14-11-21-22(30)10-13-27-23(21)28-16-20(3)29(17-19(28)2)24(31)34-25(4,5)6/h8-14,19-20H,15-17H2,1-7H3/t19-,20+,26?/m0/s1. The Morgan fingerprint density at radius 3 is 2.54 bits per heavy atom. The Morgan fingerprint density at radius 1 is 1.17 bits per heavy atom. The highest BCUT2D eigenvalue weighted by Crippen LogP contribution is 2.36. The topological polar surface area (TPSA) is 84.7 Å². The highest BCUT2D eigenvalue weighted by atomic mass is 32.2. The highest BCUT2D eigenvalue weighted by Gasteiger charge is 2.40. The van der Waals surface area contributed by atoms with Crippen molar-refractivity contribution in [2.24, 2.45) is 0 Å². The van der Waals surface area contributed by atoms with Crippen molar-refractivity contribution in [1.82, 2.24) is 13.9 Å². The lowest BCUT2D eigenvalue weighted by Crippen LogP contribution is -2.59. The van der Waals surface area contributed by atoms with E-state index in [1.54, 1.807) is 36.4 Å². The van der Waals surface area contributed by atoms with Crippen LogP contribution in [-0.2, 0) is 14.8 Å². The fourth-order valence-corrected chi connectivity index (χ4v) is 6.70. The molecule has 2 aliphatic rings. The number of allylic oxidation sites excluding steroid dienone is 3. The van der Waals surface area contributed by atoms with Crippen molar-refractivity contribution in [3.63, 3.8) is 0 Å². The van der Waals surface area contributed by atoms with E-state index in [9.17, 15) is 13.2 Å². The Hall–Kier alpha value is -2.81. The van der Waals surface area contributed by atoms with Crippen molar-refractivity contribution in [1.29, 1.82) is 0 Å². The zero-order valence-corrected chi connectivity index (χ0v) is 22.5. The minimum absolute atomic E-state index is 0.0247. The van der Waals surface area contributed by atoms with Gasteiger partial charge in [0.05, 0.1) is 5.52 Å². The van der Waals surface area contributed by atoms with Crippen LogP contribution in [0.5, 0.6) is 0 Å². The Morgan fingerprint density at radius 2 is 1.89 bits per heavy atom. The van der Waals surface area contributed by atoms with Crippen molar-refractivity contribution in [3.8, 4) is 0 Å². The Bertz CT molecular complexity index is 1300. The maximum absolute atomic E-state index is 13.8. The normalized spacial score (nSPS) is 25.6. The van der Waals surface area contributed by atoms with Gasteiger partial charge in [0.15, 0.2) is 0 Å². The second-order valence-electron chi connectivity index (χ2n) is 11.0. The van der Waals surface area contributed by atoms with Crippen LogP contribution < -0.4 is 4.90 Å². The van der Waals surface area contributed by atoms with Crippen LogP contribution in [0.2, 0.25) is 0 Å². The summed E-state index contributed by atoms with van der Waals surface area (Å²) in [4.78, 5) is 21.3. The van der Waals surface area contributed by atoms with Gasteiger partial charge in [0.1, 0.15) is 16.2 Å². The summed E-state index contributed by atoms with van der Waals surface area (Å²) in [6, 6.07) is 3.46. The van der Waals surface area contributed by atoms with E-state index in [-0.39, 0.29) is 18.2 Å². The molecule has 1 aliphatic carbocycles. The lowest BCUT2D eigenvalue weighted by atomic mass is 9.96. The molecule has 3 atom stereocenters. The minimum atomic E-state index is -3.71. The van der Waals surface area contributed by atoms with E-state index >= 15 is 0 Å². The molecule has 8 nitrogen and oxygen atoms in total. The van der Waals surface area contributed by atoms with E-state index in [4.69, 9.17) is 4.74 Å². The second-order valence-corrected chi connectivity index (χ2v) is 13.3. The number of pyridine rings is 1. The van der Waals surface area contributed by atoms with Crippen LogP contribution in [0.15, 0.2) is 48.3 Å². The maximum Gasteiger partial charge on any atom is 0.410 e. The van der Waals surface area contributed by atoms with Crippen molar-refractivity contribution in [2.75, 3.05) is 18.0 Å². The van der Waals surface area contributed by atoms with Crippen molar-refractivity contribution in [3.05, 3.63) is 48.3 Å². The third-order valence-corrected chi connectivity index (χ3v) is 9.05. The van der Waals surface area contributed by atoms with Crippen LogP contribution in [-0.4, -0.2) is 63.9 Å². The Balaban J connectivity index is 1.66. The first kappa shape index (κ1) is 25.3. The summed E-state index contributed by atoms with van der Waals surface area (Å²) in [5.41, 5.74) is 1.08. The van der Waals surface area contributed by atoms with Gasteiger partial charge >= 0.3 is 6.09 Å². The monoisotopic (exact) mass is 500 g/mol. The van der Waals surface area contributed by atoms with E-state index in [2.05, 4.69) is 9.88 Å². The lowest BCUT2D eigenvalue weighted by molar-refractivity contribution is 0.0130. The first-order valence-corrected chi connectivity index (χ1v) is 13.5. The van der Waals surface area contributed by atoms with Gasteiger partial charge in [0.2, 0.25) is 10.0 Å². The summed E-state index contributed by atoms with van der Waals surface area (Å²) in [5.74, 6) is 0.722. The van der Waals surface area contributed by atoms with E-state index in [1.165, 1.54) is 3.97 Å². The molecule has 1 aliphatic heterocycles. The van der Waals surface area contributed by atoms with Crippen molar-refractivity contribution >= 4 is 32.8 Å². The molecule has 0 spiro atoms. The summed E-state index contributed by atoms with van der Waals surface area (Å²) in [6.07, 6.45) is 8.95. The van der Waals surface area contributed by atoms with E-state index < -0.39 is 20.4 Å². The quantitative estimate of drug-likeness (QED) is 0.607. The van der Waals surface area contributed by atoms with Crippen LogP contribution in [0, 0.1) is 0 Å². The SMILES string of the molecule is CC1=CC=CC(C)(S(=O)(=O)n2ccc3c(N4C[C@@H](C)N(C(=O)OC(C)(C)C)C[C@@H]4C)nccc32)C1. The molecule has 2 aromatic heterocycles. The van der Waals surface area contributed by atoms with Gasteiger partial charge in [-0.2, -0.15) is 0 Å². The molecule has 0 bridgehead atoms. The first-order valence-electron chi connectivity index (χ1n) is 12.1. The summed E-state index contributed by atoms with van der Waals surface area (Å²) in [5, 5.41) is 0.775. The molecule has 35 heavy (non-hydrogen) atoms. The largest absolute Gasteiger partial charge is 0.444 e. The van der Waals surface area contributed by atoms with Gasteiger partial charge in [-0.05, 0) is 67.0 Å². The van der Waals surface area contributed by atoms with Crippen LogP contribution in [0.4, 0.5) is 10.6 Å². The molecule has 190 valence electrons. The number of anilines is 1. The number of hydrogen-bond donors (Lipinski definition) is 0. The van der Waals surface area contributed by atoms with Crippen LogP contribution in [0.25, 0.3) is 10.9 Å². The summed E-state index contributed by atoms with van der Waals surface area (Å²) < 4.78 is 33.5. The van der Waals surface area contributed by atoms with E-state index in [1.807, 2.05) is 59.8 Å². The molecule has 0 radical (unpaired) electrons. The molecule has 0 N–H and O–H groups in total. The zero-order valence-electron chi connectivity index (χ0n) is 21.6. The van der Waals surface area contributed by atoms with E-state index in [0.717, 1.165) is 16.8 Å². The van der Waals surface area contributed by atoms with Gasteiger partial charge in [-0.15, -0.1) is 0 Å². The fraction of sp³-hybridized carbons (Fsp3) is 0.538. The number of carbonyl (C=O) groups excluding carboxylic acids is 1. The average molecular weight is 501 g/mol. The van der Waals surface area contributed by atoms with Gasteiger partial charge in [-0.3, -0.25) is 0 Å². The van der Waals surface area contributed by atoms with Crippen LogP contribution in [0.3, 0.4) is 0 Å². The maximum atomic E-state index is 13.8. The minimum Gasteiger partial charge on any atom is -0.444 e. The molecule has 1 unspecified atom stereocenters. The number of piperazine rings is 1. The Kier molecular flexibility index (Phi) is 6.28. The van der Waals surface area contributed by atoms with Crippen LogP contribution >= 0.6 is 0 Å². The molecule has 2 aromatic rings. The average Bonchev–Trinajstić information content (AvgIpc) is 3.18. The molecule has 9 heteroatoms. The number of aromatic nitrogens is 2. The third kappa shape index (κ3) is 4.58. The van der Waals surface area contributed by atoms with Gasteiger partial charge < -0.3 is 14.5 Å². The number of fused-ring (bicyclic) bond motifs is 1. The highest BCUT2D eigenvalue weighted by molar-refractivity contribution is 7.91. The number of rotatable bonds is 3. The van der Waals surface area contributed by atoms with Gasteiger partial charge in [-0.25, -0.2) is 22.2 Å². The fourth-order valence-electron chi connectivity index (χ4n) is 4.95. The van der Waals surface area contributed by atoms with E-state index in [0.29, 0.717) is 25.0 Å². The number of amides is 1. The second kappa shape index (κ2) is 8.69. The van der Waals surface area contributed by atoms with Gasteiger partial charge in [-0.1, -0.05) is 23.8 Å². The molecule has 4 rings (SSSR count). The van der Waals surface area contributed by atoms with Gasteiger partial charge in [0, 0.05) is 43.0 Å². The Labute approximate surface area is 208 Å². The molecule has 1 amide bonds. The number of hydrogen-bond acceptors (Lipinski definition) is 6. The predicted octanol–water partition coefficient (Wildman–Crippen LogP) is 4.71. The summed E-state index contributed by atoms with van der Waals surface area (Å²) in [6.45, 7) is 14.4. The van der Waals surface area contributed by atoms with Crippen molar-refractivity contribution < 1.29 is 17.9 Å². The molecule has 0 saturated carbocycles. The smallest absolute Gasteiger partial charge is 0.410 e. The third-order valence-electron chi connectivity index (χ3n) is 6.75. The molecule has 0 aromatic carbocycles. The number of nitrogens with zero attached hydrogens (tertiary/aromatic N) is 4. The van der Waals surface area contributed by atoms with Crippen molar-refractivity contribution in [2.45, 2.75) is 77.3 Å². The number of carbonyl (C=O) groups is 1. The number of ether oxygens (including phenoxy) is 1. The molecular weight excluding hydrogens is 464 g/mol.